The molecule has 1 atom stereocenters. The van der Waals surface area contributed by atoms with E-state index < -0.39 is 0 Å². The number of aromatic nitrogens is 3. The van der Waals surface area contributed by atoms with E-state index in [2.05, 4.69) is 45.0 Å². The van der Waals surface area contributed by atoms with Crippen LogP contribution < -0.4 is 11.0 Å². The fourth-order valence-corrected chi connectivity index (χ4v) is 2.01. The molecule has 20 heavy (non-hydrogen) atoms. The van der Waals surface area contributed by atoms with Gasteiger partial charge in [-0.2, -0.15) is 5.10 Å². The van der Waals surface area contributed by atoms with Gasteiger partial charge in [-0.1, -0.05) is 34.6 Å². The third-order valence-electron chi connectivity index (χ3n) is 3.27. The monoisotopic (exact) mass is 282 g/mol. The lowest BCUT2D eigenvalue weighted by molar-refractivity contribution is -0.123. The summed E-state index contributed by atoms with van der Waals surface area (Å²) in [6.45, 7) is 10.5. The van der Waals surface area contributed by atoms with Gasteiger partial charge < -0.3 is 5.32 Å². The van der Waals surface area contributed by atoms with Crippen LogP contribution in [0.3, 0.4) is 0 Å². The summed E-state index contributed by atoms with van der Waals surface area (Å²) in [5, 5.41) is 6.92. The Morgan fingerprint density at radius 3 is 2.40 bits per heavy atom. The quantitative estimate of drug-likeness (QED) is 0.881. The first-order chi connectivity index (χ1) is 9.11. The Morgan fingerprint density at radius 2 is 2.00 bits per heavy atom. The molecule has 1 amide bonds. The van der Waals surface area contributed by atoms with Gasteiger partial charge in [0.2, 0.25) is 5.91 Å². The normalized spacial score (nSPS) is 13.6. The van der Waals surface area contributed by atoms with Crippen molar-refractivity contribution in [1.29, 1.82) is 0 Å². The maximum atomic E-state index is 12.1. The van der Waals surface area contributed by atoms with Gasteiger partial charge in [-0.25, -0.2) is 9.48 Å². The maximum absolute atomic E-state index is 12.1. The highest BCUT2D eigenvalue weighted by Gasteiger charge is 2.27. The SMILES string of the molecule is CC(C)CC(NC(=O)Cn1ncn(C)c1=O)C(C)(C)C. The van der Waals surface area contributed by atoms with Gasteiger partial charge >= 0.3 is 5.69 Å². The third kappa shape index (κ3) is 4.51. The number of carbonyl (C=O) groups excluding carboxylic acids is 1. The Balaban J connectivity index is 2.72. The highest BCUT2D eigenvalue weighted by atomic mass is 16.2. The van der Waals surface area contributed by atoms with Crippen molar-refractivity contribution >= 4 is 5.91 Å². The lowest BCUT2D eigenvalue weighted by Gasteiger charge is -2.32. The zero-order chi connectivity index (χ0) is 15.5. The molecule has 1 aromatic rings. The van der Waals surface area contributed by atoms with E-state index in [1.165, 1.54) is 15.6 Å². The first-order valence-corrected chi connectivity index (χ1v) is 6.99. The van der Waals surface area contributed by atoms with E-state index in [4.69, 9.17) is 0 Å². The van der Waals surface area contributed by atoms with Crippen LogP contribution in [-0.4, -0.2) is 26.3 Å². The Bertz CT molecular complexity index is 508. The van der Waals surface area contributed by atoms with Gasteiger partial charge in [0, 0.05) is 13.1 Å². The first kappa shape index (κ1) is 16.5. The molecule has 6 nitrogen and oxygen atoms in total. The van der Waals surface area contributed by atoms with Crippen LogP contribution in [0.5, 0.6) is 0 Å². The van der Waals surface area contributed by atoms with Gasteiger partial charge in [-0.15, -0.1) is 0 Å². The number of nitrogens with one attached hydrogen (secondary N) is 1. The summed E-state index contributed by atoms with van der Waals surface area (Å²) in [7, 11) is 1.61. The molecule has 0 saturated carbocycles. The van der Waals surface area contributed by atoms with Crippen molar-refractivity contribution in [3.63, 3.8) is 0 Å². The second-order valence-electron chi connectivity index (χ2n) is 6.80. The molecule has 1 N–H and O–H groups in total. The van der Waals surface area contributed by atoms with Gasteiger partial charge in [-0.3, -0.25) is 9.36 Å². The van der Waals surface area contributed by atoms with Crippen molar-refractivity contribution in [2.24, 2.45) is 18.4 Å². The van der Waals surface area contributed by atoms with Crippen LogP contribution in [0.15, 0.2) is 11.1 Å². The molecule has 0 saturated heterocycles. The zero-order valence-electron chi connectivity index (χ0n) is 13.3. The van der Waals surface area contributed by atoms with Crippen LogP contribution in [0.1, 0.15) is 41.0 Å². The van der Waals surface area contributed by atoms with Gasteiger partial charge in [0.05, 0.1) is 0 Å². The minimum Gasteiger partial charge on any atom is -0.351 e. The number of hydrogen-bond acceptors (Lipinski definition) is 3. The highest BCUT2D eigenvalue weighted by molar-refractivity contribution is 5.76. The number of hydrogen-bond donors (Lipinski definition) is 1. The predicted octanol–water partition coefficient (Wildman–Crippen LogP) is 1.16. The van der Waals surface area contributed by atoms with E-state index in [0.717, 1.165) is 6.42 Å². The van der Waals surface area contributed by atoms with E-state index in [1.54, 1.807) is 7.05 Å². The molecule has 0 aliphatic carbocycles. The van der Waals surface area contributed by atoms with Crippen molar-refractivity contribution in [2.75, 3.05) is 0 Å². The van der Waals surface area contributed by atoms with Crippen molar-refractivity contribution < 1.29 is 4.79 Å². The molecule has 0 fully saturated rings. The lowest BCUT2D eigenvalue weighted by Crippen LogP contribution is -2.46. The Kier molecular flexibility index (Phi) is 5.14. The topological polar surface area (TPSA) is 68.9 Å². The van der Waals surface area contributed by atoms with Crippen molar-refractivity contribution in [2.45, 2.75) is 53.6 Å². The Labute approximate surface area is 120 Å². The molecule has 1 heterocycles. The summed E-state index contributed by atoms with van der Waals surface area (Å²) in [6, 6.07) is 0.0782. The second kappa shape index (κ2) is 6.24. The Hall–Kier alpha value is -1.59. The second-order valence-corrected chi connectivity index (χ2v) is 6.80. The molecule has 6 heteroatoms. The van der Waals surface area contributed by atoms with Crippen LogP contribution in [0, 0.1) is 11.3 Å². The summed E-state index contributed by atoms with van der Waals surface area (Å²) < 4.78 is 2.52. The smallest absolute Gasteiger partial charge is 0.345 e. The number of rotatable bonds is 5. The van der Waals surface area contributed by atoms with Crippen LogP contribution in [0.4, 0.5) is 0 Å². The average Bonchev–Trinajstić information content (AvgIpc) is 2.58. The first-order valence-electron chi connectivity index (χ1n) is 6.99. The summed E-state index contributed by atoms with van der Waals surface area (Å²) in [5.74, 6) is 0.323. The fourth-order valence-electron chi connectivity index (χ4n) is 2.01. The van der Waals surface area contributed by atoms with Gasteiger partial charge in [0.25, 0.3) is 0 Å². The molecule has 1 aromatic heterocycles. The van der Waals surface area contributed by atoms with Crippen LogP contribution in [0.2, 0.25) is 0 Å². The Morgan fingerprint density at radius 1 is 1.40 bits per heavy atom. The fraction of sp³-hybridized carbons (Fsp3) is 0.786. The minimum absolute atomic E-state index is 0.0188. The standard InChI is InChI=1S/C14H26N4O2/c1-10(2)7-11(14(3,4)5)16-12(19)8-18-13(20)17(6)9-15-18/h9-11H,7-8H2,1-6H3,(H,16,19). The molecule has 0 radical (unpaired) electrons. The van der Waals surface area contributed by atoms with E-state index in [9.17, 15) is 9.59 Å². The highest BCUT2D eigenvalue weighted by Crippen LogP contribution is 2.24. The summed E-state index contributed by atoms with van der Waals surface area (Å²) in [4.78, 5) is 23.7. The zero-order valence-corrected chi connectivity index (χ0v) is 13.3. The average molecular weight is 282 g/mol. The molecule has 0 aliphatic heterocycles. The molecule has 1 rings (SSSR count). The molecule has 114 valence electrons. The van der Waals surface area contributed by atoms with E-state index in [0.29, 0.717) is 5.92 Å². The summed E-state index contributed by atoms with van der Waals surface area (Å²) >= 11 is 0. The number of carbonyl (C=O) groups is 1. The maximum Gasteiger partial charge on any atom is 0.345 e. The minimum atomic E-state index is -0.281. The van der Waals surface area contributed by atoms with Crippen LogP contribution >= 0.6 is 0 Å². The molecule has 0 aromatic carbocycles. The van der Waals surface area contributed by atoms with Crippen molar-refractivity contribution in [3.05, 3.63) is 16.8 Å². The van der Waals surface area contributed by atoms with E-state index in [-0.39, 0.29) is 29.6 Å². The number of nitrogens with zero attached hydrogens (tertiary/aromatic N) is 3. The van der Waals surface area contributed by atoms with Crippen LogP contribution in [-0.2, 0) is 18.4 Å². The number of aryl methyl sites for hydroxylation is 1. The van der Waals surface area contributed by atoms with Gasteiger partial charge in [0.15, 0.2) is 0 Å². The summed E-state index contributed by atoms with van der Waals surface area (Å²) in [5.41, 5.74) is -0.300. The molecule has 1 unspecified atom stereocenters. The molecular formula is C14H26N4O2. The van der Waals surface area contributed by atoms with Crippen molar-refractivity contribution in [3.8, 4) is 0 Å². The van der Waals surface area contributed by atoms with Gasteiger partial charge in [-0.05, 0) is 17.8 Å². The molecular weight excluding hydrogens is 256 g/mol. The van der Waals surface area contributed by atoms with Crippen molar-refractivity contribution in [1.82, 2.24) is 19.7 Å². The predicted molar refractivity (Wildman–Crippen MR) is 78.3 cm³/mol. The van der Waals surface area contributed by atoms with Gasteiger partial charge in [0.1, 0.15) is 12.9 Å². The molecule has 0 aliphatic rings. The summed E-state index contributed by atoms with van der Waals surface area (Å²) in [6.07, 6.45) is 2.32. The van der Waals surface area contributed by atoms with Crippen LogP contribution in [0.25, 0.3) is 0 Å². The molecule has 0 spiro atoms. The molecule has 0 bridgehead atoms. The number of amides is 1. The third-order valence-corrected chi connectivity index (χ3v) is 3.27. The van der Waals surface area contributed by atoms with E-state index in [1.807, 2.05) is 0 Å². The van der Waals surface area contributed by atoms with E-state index >= 15 is 0 Å². The lowest BCUT2D eigenvalue weighted by atomic mass is 9.82. The largest absolute Gasteiger partial charge is 0.351 e.